The van der Waals surface area contributed by atoms with Gasteiger partial charge in [0.15, 0.2) is 0 Å². The Labute approximate surface area is 214 Å². The summed E-state index contributed by atoms with van der Waals surface area (Å²) in [6, 6.07) is 3.48. The Hall–Kier alpha value is -3.43. The number of carbonyl (C=O) groups excluding carboxylic acids is 1. The molecule has 1 aromatic carbocycles. The van der Waals surface area contributed by atoms with E-state index >= 15 is 0 Å². The summed E-state index contributed by atoms with van der Waals surface area (Å²) in [7, 11) is 3.24. The first-order valence-electron chi connectivity index (χ1n) is 11.9. The van der Waals surface area contributed by atoms with Crippen LogP contribution in [0.15, 0.2) is 37.2 Å². The van der Waals surface area contributed by atoms with Crippen LogP contribution in [-0.2, 0) is 9.53 Å². The molecular formula is C26H28ClN5O4. The molecule has 0 unspecified atom stereocenters. The number of rotatable bonds is 8. The van der Waals surface area contributed by atoms with Gasteiger partial charge < -0.3 is 24.8 Å². The standard InChI is InChI=1S/C26H28ClN5O4/c1-4-22(33)30-16-7-8-36-13-19(16)32-26-29-11-15-9-17(28-12-18(15)31-26)24-23(14-5-6-14)20(34-2)10-21(35-3)25(24)27/h4,9-12,14,16,19H,1,5-8,13H2,2-3H3,(H,30,33)(H,29,31,32)/t16-,19+/m0/s1. The first-order valence-corrected chi connectivity index (χ1v) is 12.2. The minimum absolute atomic E-state index is 0.116. The summed E-state index contributed by atoms with van der Waals surface area (Å²) in [5, 5.41) is 7.57. The smallest absolute Gasteiger partial charge is 0.243 e. The van der Waals surface area contributed by atoms with Crippen molar-refractivity contribution in [1.82, 2.24) is 20.3 Å². The van der Waals surface area contributed by atoms with Crippen LogP contribution in [0, 0.1) is 0 Å². The number of aromatic nitrogens is 3. The maximum Gasteiger partial charge on any atom is 0.243 e. The zero-order valence-corrected chi connectivity index (χ0v) is 21.0. The SMILES string of the molecule is C=CC(=O)N[C@H]1CCOC[C@H]1Nc1ncc2cc(-c3c(Cl)c(OC)cc(OC)c3C3CC3)ncc2n1. The first kappa shape index (κ1) is 24.3. The predicted molar refractivity (Wildman–Crippen MR) is 138 cm³/mol. The number of hydrogen-bond donors (Lipinski definition) is 2. The fourth-order valence-electron chi connectivity index (χ4n) is 4.57. The maximum absolute atomic E-state index is 11.8. The Morgan fingerprint density at radius 1 is 1.14 bits per heavy atom. The summed E-state index contributed by atoms with van der Waals surface area (Å²) in [6.45, 7) is 4.53. The number of nitrogens with zero attached hydrogens (tertiary/aromatic N) is 3. The molecule has 5 rings (SSSR count). The highest BCUT2D eigenvalue weighted by atomic mass is 35.5. The van der Waals surface area contributed by atoms with Crippen molar-refractivity contribution in [2.24, 2.45) is 0 Å². The number of benzene rings is 1. The lowest BCUT2D eigenvalue weighted by Gasteiger charge is -2.32. The fourth-order valence-corrected chi connectivity index (χ4v) is 4.90. The van der Waals surface area contributed by atoms with Crippen LogP contribution in [0.3, 0.4) is 0 Å². The van der Waals surface area contributed by atoms with Gasteiger partial charge in [-0.2, -0.15) is 0 Å². The number of halogens is 1. The second kappa shape index (κ2) is 10.3. The summed E-state index contributed by atoms with van der Waals surface area (Å²) in [6.07, 6.45) is 7.57. The molecule has 188 valence electrons. The summed E-state index contributed by atoms with van der Waals surface area (Å²) >= 11 is 6.78. The van der Waals surface area contributed by atoms with Crippen molar-refractivity contribution in [2.45, 2.75) is 37.3 Å². The van der Waals surface area contributed by atoms with Crippen molar-refractivity contribution in [1.29, 1.82) is 0 Å². The van der Waals surface area contributed by atoms with E-state index in [4.69, 9.17) is 30.8 Å². The van der Waals surface area contributed by atoms with Gasteiger partial charge in [0.05, 0.1) is 55.3 Å². The Bertz CT molecular complexity index is 1310. The number of amides is 1. The Kier molecular flexibility index (Phi) is 6.93. The predicted octanol–water partition coefficient (Wildman–Crippen LogP) is 4.11. The van der Waals surface area contributed by atoms with Crippen LogP contribution in [0.5, 0.6) is 11.5 Å². The van der Waals surface area contributed by atoms with Crippen molar-refractivity contribution in [3.05, 3.63) is 47.8 Å². The third kappa shape index (κ3) is 4.81. The summed E-state index contributed by atoms with van der Waals surface area (Å²) in [5.74, 6) is 1.89. The molecule has 3 aromatic rings. The van der Waals surface area contributed by atoms with E-state index in [9.17, 15) is 4.79 Å². The number of fused-ring (bicyclic) bond motifs is 1. The monoisotopic (exact) mass is 509 g/mol. The van der Waals surface area contributed by atoms with Gasteiger partial charge in [-0.15, -0.1) is 0 Å². The molecular weight excluding hydrogens is 482 g/mol. The van der Waals surface area contributed by atoms with E-state index in [-0.39, 0.29) is 18.0 Å². The number of carbonyl (C=O) groups is 1. The first-order chi connectivity index (χ1) is 17.5. The fraction of sp³-hybridized carbons (Fsp3) is 0.385. The van der Waals surface area contributed by atoms with Crippen molar-refractivity contribution < 1.29 is 19.0 Å². The molecule has 36 heavy (non-hydrogen) atoms. The molecule has 2 N–H and O–H groups in total. The zero-order chi connectivity index (χ0) is 25.2. The molecule has 2 atom stereocenters. The van der Waals surface area contributed by atoms with Gasteiger partial charge >= 0.3 is 0 Å². The summed E-state index contributed by atoms with van der Waals surface area (Å²) < 4.78 is 16.8. The average molecular weight is 510 g/mol. The van der Waals surface area contributed by atoms with Crippen LogP contribution in [0.1, 0.15) is 30.7 Å². The number of hydrogen-bond acceptors (Lipinski definition) is 8. The third-order valence-corrected chi connectivity index (χ3v) is 6.94. The van der Waals surface area contributed by atoms with Gasteiger partial charge in [0.1, 0.15) is 11.5 Å². The van der Waals surface area contributed by atoms with Crippen molar-refractivity contribution in [3.8, 4) is 22.8 Å². The maximum atomic E-state index is 11.8. The molecule has 0 bridgehead atoms. The molecule has 9 nitrogen and oxygen atoms in total. The van der Waals surface area contributed by atoms with Crippen LogP contribution in [0.4, 0.5) is 5.95 Å². The second-order valence-electron chi connectivity index (χ2n) is 8.91. The van der Waals surface area contributed by atoms with E-state index in [2.05, 4.69) is 27.2 Å². The van der Waals surface area contributed by atoms with Gasteiger partial charge in [0.25, 0.3) is 0 Å². The van der Waals surface area contributed by atoms with E-state index < -0.39 is 0 Å². The van der Waals surface area contributed by atoms with Gasteiger partial charge in [0.2, 0.25) is 11.9 Å². The molecule has 1 aliphatic heterocycles. The molecule has 1 amide bonds. The van der Waals surface area contributed by atoms with E-state index in [1.54, 1.807) is 26.6 Å². The lowest BCUT2D eigenvalue weighted by molar-refractivity contribution is -0.117. The topological polar surface area (TPSA) is 107 Å². The number of methoxy groups -OCH3 is 2. The van der Waals surface area contributed by atoms with Crippen LogP contribution in [-0.4, -0.2) is 60.4 Å². The minimum Gasteiger partial charge on any atom is -0.496 e. The number of pyridine rings is 1. The van der Waals surface area contributed by atoms with Gasteiger partial charge in [0, 0.05) is 35.4 Å². The van der Waals surface area contributed by atoms with Crippen LogP contribution < -0.4 is 20.1 Å². The molecule has 10 heteroatoms. The molecule has 2 aliphatic rings. The molecule has 1 aliphatic carbocycles. The molecule has 1 saturated heterocycles. The lowest BCUT2D eigenvalue weighted by atomic mass is 9.97. The van der Waals surface area contributed by atoms with Gasteiger partial charge in [-0.1, -0.05) is 18.2 Å². The molecule has 3 heterocycles. The van der Waals surface area contributed by atoms with Crippen LogP contribution in [0.2, 0.25) is 5.02 Å². The van der Waals surface area contributed by atoms with E-state index in [1.165, 1.54) is 6.08 Å². The Morgan fingerprint density at radius 2 is 1.94 bits per heavy atom. The minimum atomic E-state index is -0.219. The molecule has 0 spiro atoms. The quantitative estimate of drug-likeness (QED) is 0.437. The largest absolute Gasteiger partial charge is 0.496 e. The average Bonchev–Trinajstić information content (AvgIpc) is 3.74. The highest BCUT2D eigenvalue weighted by Crippen LogP contribution is 2.53. The number of ether oxygens (including phenoxy) is 3. The normalized spacial score (nSPS) is 19.5. The summed E-state index contributed by atoms with van der Waals surface area (Å²) in [5.41, 5.74) is 3.27. The second-order valence-corrected chi connectivity index (χ2v) is 9.29. The Morgan fingerprint density at radius 3 is 2.67 bits per heavy atom. The van der Waals surface area contributed by atoms with Gasteiger partial charge in [-0.05, 0) is 37.3 Å². The highest BCUT2D eigenvalue weighted by molar-refractivity contribution is 6.35. The number of anilines is 1. The van der Waals surface area contributed by atoms with Crippen molar-refractivity contribution in [3.63, 3.8) is 0 Å². The molecule has 2 aromatic heterocycles. The van der Waals surface area contributed by atoms with Gasteiger partial charge in [-0.25, -0.2) is 9.97 Å². The summed E-state index contributed by atoms with van der Waals surface area (Å²) in [4.78, 5) is 25.7. The van der Waals surface area contributed by atoms with Crippen molar-refractivity contribution in [2.75, 3.05) is 32.8 Å². The molecule has 2 fully saturated rings. The molecule has 1 saturated carbocycles. The Balaban J connectivity index is 1.46. The van der Waals surface area contributed by atoms with E-state index in [1.807, 2.05) is 12.1 Å². The molecule has 0 radical (unpaired) electrons. The van der Waals surface area contributed by atoms with E-state index in [0.29, 0.717) is 53.5 Å². The van der Waals surface area contributed by atoms with E-state index in [0.717, 1.165) is 35.1 Å². The van der Waals surface area contributed by atoms with Crippen LogP contribution >= 0.6 is 11.6 Å². The third-order valence-electron chi connectivity index (χ3n) is 6.56. The van der Waals surface area contributed by atoms with Crippen LogP contribution in [0.25, 0.3) is 22.2 Å². The zero-order valence-electron chi connectivity index (χ0n) is 20.2. The van der Waals surface area contributed by atoms with Gasteiger partial charge in [-0.3, -0.25) is 9.78 Å². The lowest BCUT2D eigenvalue weighted by Crippen LogP contribution is -2.52. The highest BCUT2D eigenvalue weighted by Gasteiger charge is 2.33. The number of nitrogens with one attached hydrogen (secondary N) is 2. The van der Waals surface area contributed by atoms with Crippen molar-refractivity contribution >= 4 is 34.4 Å².